The minimum atomic E-state index is -0.455. The largest absolute Gasteiger partial charge is 0.464 e. The molecule has 1 saturated carbocycles. The van der Waals surface area contributed by atoms with Gasteiger partial charge in [-0.3, -0.25) is 0 Å². The molecule has 0 atom stereocenters. The van der Waals surface area contributed by atoms with E-state index in [1.165, 1.54) is 39.2 Å². The van der Waals surface area contributed by atoms with Crippen LogP contribution in [0.1, 0.15) is 55.4 Å². The second-order valence-electron chi connectivity index (χ2n) is 6.35. The number of ether oxygens (including phenoxy) is 2. The average Bonchev–Trinajstić information content (AvgIpc) is 2.63. The molecule has 1 aromatic heterocycles. The summed E-state index contributed by atoms with van der Waals surface area (Å²) in [5.74, 6) is 0.359. The molecule has 2 aliphatic rings. The van der Waals surface area contributed by atoms with E-state index in [-0.39, 0.29) is 5.69 Å². The molecule has 126 valence electrons. The molecule has 1 aliphatic heterocycles. The Morgan fingerprint density at radius 1 is 1.04 bits per heavy atom. The number of nitrogens with zero attached hydrogens (tertiary/aromatic N) is 3. The van der Waals surface area contributed by atoms with E-state index in [0.717, 1.165) is 31.7 Å². The Morgan fingerprint density at radius 2 is 1.74 bits per heavy atom. The molecule has 1 saturated heterocycles. The zero-order valence-corrected chi connectivity index (χ0v) is 13.7. The van der Waals surface area contributed by atoms with Crippen molar-refractivity contribution in [3.63, 3.8) is 0 Å². The maximum absolute atomic E-state index is 11.4. The lowest BCUT2D eigenvalue weighted by atomic mass is 9.97. The Kier molecular flexibility index (Phi) is 5.43. The van der Waals surface area contributed by atoms with E-state index in [2.05, 4.69) is 19.8 Å². The number of hydrogen-bond acceptors (Lipinski definition) is 6. The zero-order valence-electron chi connectivity index (χ0n) is 13.7. The van der Waals surface area contributed by atoms with E-state index >= 15 is 0 Å². The first kappa shape index (κ1) is 16.2. The second-order valence-corrected chi connectivity index (χ2v) is 6.35. The van der Waals surface area contributed by atoms with Gasteiger partial charge in [-0.15, -0.1) is 10.2 Å². The van der Waals surface area contributed by atoms with Gasteiger partial charge in [0.25, 0.3) is 0 Å². The van der Waals surface area contributed by atoms with Crippen molar-refractivity contribution >= 4 is 11.8 Å². The molecule has 0 unspecified atom stereocenters. The van der Waals surface area contributed by atoms with Crippen LogP contribution in [-0.4, -0.2) is 48.6 Å². The van der Waals surface area contributed by atoms with Crippen molar-refractivity contribution in [3.8, 4) is 0 Å². The van der Waals surface area contributed by atoms with Gasteiger partial charge in [-0.25, -0.2) is 4.79 Å². The van der Waals surface area contributed by atoms with Gasteiger partial charge in [-0.05, 0) is 37.8 Å². The Hall–Kier alpha value is -1.69. The van der Waals surface area contributed by atoms with E-state index < -0.39 is 5.97 Å². The van der Waals surface area contributed by atoms with Gasteiger partial charge in [0, 0.05) is 13.1 Å². The van der Waals surface area contributed by atoms with Crippen LogP contribution in [0.2, 0.25) is 0 Å². The minimum Gasteiger partial charge on any atom is -0.464 e. The third kappa shape index (κ3) is 4.19. The number of esters is 1. The van der Waals surface area contributed by atoms with Gasteiger partial charge < -0.3 is 14.4 Å². The Morgan fingerprint density at radius 3 is 2.35 bits per heavy atom. The number of rotatable bonds is 4. The average molecular weight is 319 g/mol. The third-order valence-electron chi connectivity index (χ3n) is 4.75. The summed E-state index contributed by atoms with van der Waals surface area (Å²) in [5.41, 5.74) is 0.242. The summed E-state index contributed by atoms with van der Waals surface area (Å²) < 4.78 is 10.9. The predicted molar refractivity (Wildman–Crippen MR) is 86.6 cm³/mol. The van der Waals surface area contributed by atoms with Gasteiger partial charge >= 0.3 is 5.97 Å². The molecule has 3 rings (SSSR count). The standard InChI is InChI=1S/C17H25N3O3/c1-22-17(21)15-7-8-16(19-18-15)20-11-9-14(10-12-20)23-13-5-3-2-4-6-13/h7-8,13-14H,2-6,9-12H2,1H3. The van der Waals surface area contributed by atoms with Gasteiger partial charge in [0.15, 0.2) is 11.5 Å². The lowest BCUT2D eigenvalue weighted by Crippen LogP contribution is -2.39. The van der Waals surface area contributed by atoms with Crippen molar-refractivity contribution in [1.82, 2.24) is 10.2 Å². The molecule has 6 nitrogen and oxygen atoms in total. The normalized spacial score (nSPS) is 20.5. The van der Waals surface area contributed by atoms with Crippen LogP contribution in [0.15, 0.2) is 12.1 Å². The molecular formula is C17H25N3O3. The maximum Gasteiger partial charge on any atom is 0.358 e. The fraction of sp³-hybridized carbons (Fsp3) is 0.706. The molecule has 6 heteroatoms. The first-order chi connectivity index (χ1) is 11.3. The van der Waals surface area contributed by atoms with Crippen LogP contribution in [0.3, 0.4) is 0 Å². The smallest absolute Gasteiger partial charge is 0.358 e. The lowest BCUT2D eigenvalue weighted by Gasteiger charge is -2.35. The van der Waals surface area contributed by atoms with E-state index in [0.29, 0.717) is 12.2 Å². The Labute approximate surface area is 137 Å². The predicted octanol–water partition coefficient (Wildman–Crippen LogP) is 2.58. The van der Waals surface area contributed by atoms with Crippen LogP contribution < -0.4 is 4.90 Å². The SMILES string of the molecule is COC(=O)c1ccc(N2CCC(OC3CCCCC3)CC2)nn1. The number of carbonyl (C=O) groups excluding carboxylic acids is 1. The van der Waals surface area contributed by atoms with Crippen molar-refractivity contribution in [2.45, 2.75) is 57.2 Å². The third-order valence-corrected chi connectivity index (χ3v) is 4.75. The number of aromatic nitrogens is 2. The molecule has 0 N–H and O–H groups in total. The van der Waals surface area contributed by atoms with E-state index in [4.69, 9.17) is 4.74 Å². The molecule has 23 heavy (non-hydrogen) atoms. The van der Waals surface area contributed by atoms with Gasteiger partial charge in [0.05, 0.1) is 19.3 Å². The molecule has 0 spiro atoms. The first-order valence-electron chi connectivity index (χ1n) is 8.58. The number of hydrogen-bond donors (Lipinski definition) is 0. The van der Waals surface area contributed by atoms with Crippen molar-refractivity contribution in [3.05, 3.63) is 17.8 Å². The molecule has 1 aromatic rings. The number of methoxy groups -OCH3 is 1. The van der Waals surface area contributed by atoms with E-state index in [9.17, 15) is 4.79 Å². The number of piperidine rings is 1. The molecule has 0 aromatic carbocycles. The van der Waals surface area contributed by atoms with E-state index in [1.807, 2.05) is 6.07 Å². The quantitative estimate of drug-likeness (QED) is 0.795. The fourth-order valence-corrected chi connectivity index (χ4v) is 3.40. The van der Waals surface area contributed by atoms with Gasteiger partial charge in [0.1, 0.15) is 0 Å². The van der Waals surface area contributed by atoms with Crippen LogP contribution in [0.25, 0.3) is 0 Å². The van der Waals surface area contributed by atoms with Crippen LogP contribution in [0.5, 0.6) is 0 Å². The highest BCUT2D eigenvalue weighted by molar-refractivity contribution is 5.86. The highest BCUT2D eigenvalue weighted by Crippen LogP contribution is 2.25. The number of anilines is 1. The lowest BCUT2D eigenvalue weighted by molar-refractivity contribution is -0.0395. The molecule has 2 heterocycles. The topological polar surface area (TPSA) is 64.5 Å². The van der Waals surface area contributed by atoms with E-state index in [1.54, 1.807) is 6.07 Å². The Bertz CT molecular complexity index is 506. The molecular weight excluding hydrogens is 294 g/mol. The summed E-state index contributed by atoms with van der Waals surface area (Å²) in [7, 11) is 1.34. The summed E-state index contributed by atoms with van der Waals surface area (Å²) >= 11 is 0. The Balaban J connectivity index is 1.49. The second kappa shape index (κ2) is 7.73. The molecule has 1 aliphatic carbocycles. The highest BCUT2D eigenvalue weighted by atomic mass is 16.5. The first-order valence-corrected chi connectivity index (χ1v) is 8.58. The monoisotopic (exact) mass is 319 g/mol. The van der Waals surface area contributed by atoms with Crippen LogP contribution in [0, 0.1) is 0 Å². The van der Waals surface area contributed by atoms with Crippen molar-refractivity contribution in [2.75, 3.05) is 25.1 Å². The molecule has 2 fully saturated rings. The summed E-state index contributed by atoms with van der Waals surface area (Å²) in [5, 5.41) is 8.09. The van der Waals surface area contributed by atoms with Crippen molar-refractivity contribution < 1.29 is 14.3 Å². The van der Waals surface area contributed by atoms with Crippen LogP contribution in [-0.2, 0) is 9.47 Å². The highest BCUT2D eigenvalue weighted by Gasteiger charge is 2.24. The van der Waals surface area contributed by atoms with Crippen LogP contribution in [0.4, 0.5) is 5.82 Å². The molecule has 0 amide bonds. The van der Waals surface area contributed by atoms with Gasteiger partial charge in [0.2, 0.25) is 0 Å². The molecule has 0 radical (unpaired) electrons. The molecule has 0 bridgehead atoms. The fourth-order valence-electron chi connectivity index (χ4n) is 3.40. The van der Waals surface area contributed by atoms with Gasteiger partial charge in [-0.2, -0.15) is 0 Å². The summed E-state index contributed by atoms with van der Waals surface area (Å²) in [6.07, 6.45) is 9.32. The summed E-state index contributed by atoms with van der Waals surface area (Å²) in [6, 6.07) is 3.50. The van der Waals surface area contributed by atoms with Crippen LogP contribution >= 0.6 is 0 Å². The minimum absolute atomic E-state index is 0.242. The van der Waals surface area contributed by atoms with Crippen molar-refractivity contribution in [1.29, 1.82) is 0 Å². The van der Waals surface area contributed by atoms with Gasteiger partial charge in [-0.1, -0.05) is 19.3 Å². The van der Waals surface area contributed by atoms with Crippen molar-refractivity contribution in [2.24, 2.45) is 0 Å². The summed E-state index contributed by atoms with van der Waals surface area (Å²) in [4.78, 5) is 13.6. The zero-order chi connectivity index (χ0) is 16.1. The number of carbonyl (C=O) groups is 1. The maximum atomic E-state index is 11.4. The summed E-state index contributed by atoms with van der Waals surface area (Å²) in [6.45, 7) is 1.84.